The molecule has 3 aliphatic rings. The molecule has 5 rings (SSSR count). The van der Waals surface area contributed by atoms with E-state index in [1.165, 1.54) is 0 Å². The maximum Gasteiger partial charge on any atom is 0.446 e. The molecule has 34 heavy (non-hydrogen) atoms. The lowest BCUT2D eigenvalue weighted by atomic mass is 9.76. The molecule has 1 aliphatic carbocycles. The molecule has 1 saturated carbocycles. The molecular formula is C23H27F3N4O2S2. The van der Waals surface area contributed by atoms with Crippen molar-refractivity contribution in [1.29, 1.82) is 0 Å². The predicted molar refractivity (Wildman–Crippen MR) is 127 cm³/mol. The second-order valence-corrected chi connectivity index (χ2v) is 11.9. The third-order valence-corrected chi connectivity index (χ3v) is 9.31. The topological polar surface area (TPSA) is 69.6 Å². The van der Waals surface area contributed by atoms with Crippen LogP contribution >= 0.6 is 11.8 Å². The molecule has 1 aromatic carbocycles. The van der Waals surface area contributed by atoms with E-state index in [0.29, 0.717) is 29.0 Å². The van der Waals surface area contributed by atoms with Gasteiger partial charge in [0.15, 0.2) is 5.82 Å². The van der Waals surface area contributed by atoms with Gasteiger partial charge in [-0.05, 0) is 67.5 Å². The fourth-order valence-corrected chi connectivity index (χ4v) is 6.80. The molecule has 1 atom stereocenters. The van der Waals surface area contributed by atoms with Crippen molar-refractivity contribution >= 4 is 34.3 Å². The number of benzene rings is 1. The Morgan fingerprint density at radius 1 is 1.15 bits per heavy atom. The van der Waals surface area contributed by atoms with Crippen molar-refractivity contribution in [3.63, 3.8) is 0 Å². The summed E-state index contributed by atoms with van der Waals surface area (Å²) in [6, 6.07) is 6.67. The molecule has 2 fully saturated rings. The summed E-state index contributed by atoms with van der Waals surface area (Å²) in [4.78, 5) is 14.5. The molecule has 2 aliphatic heterocycles. The second-order valence-electron chi connectivity index (χ2n) is 9.17. The number of aliphatic hydroxyl groups is 1. The summed E-state index contributed by atoms with van der Waals surface area (Å²) >= 11 is -0.0919. The number of aliphatic hydroxyl groups excluding tert-OH is 1. The average Bonchev–Trinajstić information content (AvgIpc) is 2.79. The van der Waals surface area contributed by atoms with Crippen LogP contribution in [0.4, 0.5) is 24.9 Å². The summed E-state index contributed by atoms with van der Waals surface area (Å²) < 4.78 is 50.3. The Labute approximate surface area is 203 Å². The van der Waals surface area contributed by atoms with Crippen molar-refractivity contribution in [2.45, 2.75) is 58.9 Å². The van der Waals surface area contributed by atoms with E-state index in [1.54, 1.807) is 30.5 Å². The van der Waals surface area contributed by atoms with Gasteiger partial charge in [0.1, 0.15) is 0 Å². The fourth-order valence-electron chi connectivity index (χ4n) is 5.16. The molecule has 1 N–H and O–H groups in total. The predicted octanol–water partition coefficient (Wildman–Crippen LogP) is 4.32. The summed E-state index contributed by atoms with van der Waals surface area (Å²) in [7, 11) is -1.14. The Hall–Kier alpha value is -1.85. The lowest BCUT2D eigenvalue weighted by molar-refractivity contribution is -0.0328. The smallest absolute Gasteiger partial charge is 0.394 e. The van der Waals surface area contributed by atoms with Crippen LogP contribution in [0.25, 0.3) is 0 Å². The molecule has 0 bridgehead atoms. The number of aromatic nitrogens is 2. The quantitative estimate of drug-likeness (QED) is 0.599. The van der Waals surface area contributed by atoms with E-state index < -0.39 is 16.3 Å². The molecule has 184 valence electrons. The van der Waals surface area contributed by atoms with Gasteiger partial charge in [-0.15, -0.1) is 0 Å². The third kappa shape index (κ3) is 4.66. The van der Waals surface area contributed by atoms with Crippen molar-refractivity contribution in [2.75, 3.05) is 41.8 Å². The third-order valence-electron chi connectivity index (χ3n) is 7.24. The zero-order valence-electron chi connectivity index (χ0n) is 18.6. The van der Waals surface area contributed by atoms with Gasteiger partial charge in [-0.25, -0.2) is 4.98 Å². The summed E-state index contributed by atoms with van der Waals surface area (Å²) in [5.74, 6) is 2.08. The number of nitrogens with zero attached hydrogens (tertiary/aromatic N) is 4. The maximum atomic E-state index is 12.6. The van der Waals surface area contributed by atoms with Crippen molar-refractivity contribution < 1.29 is 22.5 Å². The van der Waals surface area contributed by atoms with E-state index in [9.17, 15) is 22.5 Å². The highest BCUT2D eigenvalue weighted by molar-refractivity contribution is 8.00. The maximum absolute atomic E-state index is 12.6. The van der Waals surface area contributed by atoms with Crippen LogP contribution in [0, 0.1) is 0 Å². The minimum atomic E-state index is -4.28. The van der Waals surface area contributed by atoms with Crippen LogP contribution in [-0.2, 0) is 10.8 Å². The van der Waals surface area contributed by atoms with Crippen molar-refractivity contribution in [1.82, 2.24) is 9.97 Å². The van der Waals surface area contributed by atoms with Gasteiger partial charge in [-0.2, -0.15) is 18.2 Å². The minimum Gasteiger partial charge on any atom is -0.394 e. The number of hydrogen-bond acceptors (Lipinski definition) is 7. The van der Waals surface area contributed by atoms with Crippen LogP contribution < -0.4 is 9.80 Å². The van der Waals surface area contributed by atoms with Crippen molar-refractivity contribution in [3.8, 4) is 0 Å². The van der Waals surface area contributed by atoms with Gasteiger partial charge >= 0.3 is 5.51 Å². The largest absolute Gasteiger partial charge is 0.446 e. The van der Waals surface area contributed by atoms with E-state index in [-0.39, 0.29) is 34.7 Å². The van der Waals surface area contributed by atoms with Crippen LogP contribution in [0.15, 0.2) is 40.3 Å². The lowest BCUT2D eigenvalue weighted by Crippen LogP contribution is -2.59. The summed E-state index contributed by atoms with van der Waals surface area (Å²) in [6.45, 7) is 2.14. The highest BCUT2D eigenvalue weighted by Gasteiger charge is 2.45. The Bertz CT molecular complexity index is 1050. The normalized spacial score (nSPS) is 22.9. The molecule has 6 nitrogen and oxygen atoms in total. The summed E-state index contributed by atoms with van der Waals surface area (Å²) in [6.07, 6.45) is 6.25. The number of piperidine rings is 1. The number of fused-ring (bicyclic) bond motifs is 1. The van der Waals surface area contributed by atoms with Gasteiger partial charge in [0.2, 0.25) is 5.95 Å². The van der Waals surface area contributed by atoms with Crippen molar-refractivity contribution in [2.24, 2.45) is 0 Å². The Kier molecular flexibility index (Phi) is 6.54. The molecule has 1 aromatic heterocycles. The van der Waals surface area contributed by atoms with Gasteiger partial charge < -0.3 is 14.9 Å². The standard InChI is InChI=1S/C23H27F3N4O2S2/c24-23(25,26)33-18-4-2-16(3-5-18)17-6-10-29(11-7-17)21-27-14-19-20(28-21)30(12-13-34(19)32)22(15-31)8-1-9-22/h2-5,14,17,31H,1,6-13,15H2/t34-/m0/s1. The van der Waals surface area contributed by atoms with Crippen LogP contribution in [-0.4, -0.2) is 62.3 Å². The zero-order valence-corrected chi connectivity index (χ0v) is 20.3. The Balaban J connectivity index is 1.29. The van der Waals surface area contributed by atoms with Crippen LogP contribution in [0.1, 0.15) is 43.6 Å². The molecule has 1 saturated heterocycles. The van der Waals surface area contributed by atoms with Crippen molar-refractivity contribution in [3.05, 3.63) is 36.0 Å². The van der Waals surface area contributed by atoms with E-state index >= 15 is 0 Å². The molecule has 0 radical (unpaired) electrons. The first kappa shape index (κ1) is 23.9. The van der Waals surface area contributed by atoms with E-state index in [2.05, 4.69) is 14.8 Å². The number of halogens is 3. The molecule has 2 aromatic rings. The number of alkyl halides is 3. The van der Waals surface area contributed by atoms with Crippen LogP contribution in [0.5, 0.6) is 0 Å². The number of thioether (sulfide) groups is 1. The van der Waals surface area contributed by atoms with Gasteiger partial charge in [-0.3, -0.25) is 4.21 Å². The number of hydrogen-bond donors (Lipinski definition) is 1. The Morgan fingerprint density at radius 2 is 1.85 bits per heavy atom. The number of rotatable bonds is 5. The zero-order chi connectivity index (χ0) is 23.9. The molecule has 3 heterocycles. The molecule has 0 amide bonds. The molecular weight excluding hydrogens is 485 g/mol. The Morgan fingerprint density at radius 3 is 2.44 bits per heavy atom. The van der Waals surface area contributed by atoms with Crippen LogP contribution in [0.3, 0.4) is 0 Å². The molecule has 11 heteroatoms. The second kappa shape index (κ2) is 9.31. The van der Waals surface area contributed by atoms with Gasteiger partial charge in [0.25, 0.3) is 0 Å². The minimum absolute atomic E-state index is 0.0596. The SMILES string of the molecule is O=[S@]1CCN(C2(CO)CCC2)c2nc(N3CCC(c4ccc(SC(F)(F)F)cc4)CC3)ncc21. The summed E-state index contributed by atoms with van der Waals surface area (Å²) in [5, 5.41) is 10.1. The lowest BCUT2D eigenvalue weighted by Gasteiger charge is -2.51. The first-order valence-corrected chi connectivity index (χ1v) is 13.7. The highest BCUT2D eigenvalue weighted by Crippen LogP contribution is 2.43. The average molecular weight is 513 g/mol. The van der Waals surface area contributed by atoms with E-state index in [1.807, 2.05) is 0 Å². The van der Waals surface area contributed by atoms with Gasteiger partial charge in [-0.1, -0.05) is 12.1 Å². The van der Waals surface area contributed by atoms with E-state index in [0.717, 1.165) is 50.8 Å². The number of anilines is 2. The van der Waals surface area contributed by atoms with Gasteiger partial charge in [0, 0.05) is 30.3 Å². The molecule has 0 spiro atoms. The first-order chi connectivity index (χ1) is 16.3. The first-order valence-electron chi connectivity index (χ1n) is 11.5. The van der Waals surface area contributed by atoms with Gasteiger partial charge in [0.05, 0.1) is 34.0 Å². The fraction of sp³-hybridized carbons (Fsp3) is 0.565. The molecule has 0 unspecified atom stereocenters. The monoisotopic (exact) mass is 512 g/mol. The summed E-state index contributed by atoms with van der Waals surface area (Å²) in [5.41, 5.74) is -3.54. The highest BCUT2D eigenvalue weighted by atomic mass is 32.2. The van der Waals surface area contributed by atoms with E-state index in [4.69, 9.17) is 4.98 Å². The van der Waals surface area contributed by atoms with Crippen LogP contribution in [0.2, 0.25) is 0 Å².